The van der Waals surface area contributed by atoms with Crippen LogP contribution in [0.5, 0.6) is 0 Å². The normalized spacial score (nSPS) is 13.5. The molecule has 0 spiro atoms. The molecule has 2 aromatic heterocycles. The van der Waals surface area contributed by atoms with E-state index in [1.807, 2.05) is 35.7 Å². The van der Waals surface area contributed by atoms with Gasteiger partial charge in [-0.2, -0.15) is 0 Å². The Hall–Kier alpha value is -3.72. The molecule has 3 aromatic rings. The first-order valence-corrected chi connectivity index (χ1v) is 10.5. The minimum absolute atomic E-state index is 0.00172. The molecule has 0 aliphatic carbocycles. The Morgan fingerprint density at radius 1 is 1.13 bits per heavy atom. The molecule has 0 unspecified atom stereocenters. The van der Waals surface area contributed by atoms with Crippen molar-refractivity contribution >= 4 is 40.2 Å². The van der Waals surface area contributed by atoms with Gasteiger partial charge in [-0.05, 0) is 30.5 Å². The number of hydrogen-bond acceptors (Lipinski definition) is 7. The van der Waals surface area contributed by atoms with Crippen LogP contribution >= 0.6 is 11.3 Å². The Morgan fingerprint density at radius 2 is 1.97 bits per heavy atom. The molecule has 2 N–H and O–H groups in total. The van der Waals surface area contributed by atoms with Crippen molar-refractivity contribution in [1.29, 1.82) is 0 Å². The molecule has 8 nitrogen and oxygen atoms in total. The second-order valence-corrected chi connectivity index (χ2v) is 7.56. The van der Waals surface area contributed by atoms with Crippen molar-refractivity contribution in [2.75, 3.05) is 19.8 Å². The number of benzene rings is 1. The number of amides is 2. The van der Waals surface area contributed by atoms with Gasteiger partial charge in [-0.25, -0.2) is 19.4 Å². The largest absolute Gasteiger partial charge is 0.463 e. The summed E-state index contributed by atoms with van der Waals surface area (Å²) in [4.78, 5) is 42.4. The molecule has 1 aliphatic rings. The maximum atomic E-state index is 13.0. The number of rotatable bonds is 6. The van der Waals surface area contributed by atoms with Crippen LogP contribution in [0.1, 0.15) is 17.3 Å². The highest BCUT2D eigenvalue weighted by molar-refractivity contribution is 7.13. The summed E-state index contributed by atoms with van der Waals surface area (Å²) in [5.41, 5.74) is 2.11. The SMILES string of the molecule is CCOC(=O)C1=C(COC(=O)c2cc(-c3cccs3)nc3ccccc23)NC(=O)NC1. The smallest absolute Gasteiger partial charge is 0.339 e. The molecule has 9 heteroatoms. The van der Waals surface area contributed by atoms with Crippen LogP contribution in [0.4, 0.5) is 4.79 Å². The summed E-state index contributed by atoms with van der Waals surface area (Å²) in [5, 5.41) is 7.63. The zero-order chi connectivity index (χ0) is 21.8. The van der Waals surface area contributed by atoms with E-state index in [-0.39, 0.29) is 31.0 Å². The van der Waals surface area contributed by atoms with E-state index in [4.69, 9.17) is 9.47 Å². The number of para-hydroxylation sites is 1. The van der Waals surface area contributed by atoms with Gasteiger partial charge < -0.3 is 20.1 Å². The molecule has 0 saturated heterocycles. The molecule has 2 amide bonds. The number of hydrogen-bond donors (Lipinski definition) is 2. The summed E-state index contributed by atoms with van der Waals surface area (Å²) >= 11 is 1.52. The Labute approximate surface area is 181 Å². The second-order valence-electron chi connectivity index (χ2n) is 6.61. The molecule has 158 valence electrons. The topological polar surface area (TPSA) is 107 Å². The van der Waals surface area contributed by atoms with Crippen molar-refractivity contribution in [3.05, 3.63) is 64.7 Å². The standard InChI is InChI=1S/C22H19N3O5S/c1-2-29-21(27)15-11-23-22(28)25-18(15)12-30-20(26)14-10-17(19-8-5-9-31-19)24-16-7-4-3-6-13(14)16/h3-10H,2,11-12H2,1H3,(H2,23,25,28). The van der Waals surface area contributed by atoms with E-state index >= 15 is 0 Å². The number of aromatic nitrogens is 1. The lowest BCUT2D eigenvalue weighted by Gasteiger charge is -2.21. The maximum absolute atomic E-state index is 13.0. The summed E-state index contributed by atoms with van der Waals surface area (Å²) in [6.45, 7) is 1.61. The Kier molecular flexibility index (Phi) is 5.94. The molecule has 31 heavy (non-hydrogen) atoms. The number of carbonyl (C=O) groups excluding carboxylic acids is 3. The second kappa shape index (κ2) is 8.97. The fraction of sp³-hybridized carbons (Fsp3) is 0.182. The number of ether oxygens (including phenoxy) is 2. The highest BCUT2D eigenvalue weighted by Gasteiger charge is 2.25. The minimum Gasteiger partial charge on any atom is -0.463 e. The third kappa shape index (κ3) is 4.41. The van der Waals surface area contributed by atoms with Crippen molar-refractivity contribution < 1.29 is 23.9 Å². The van der Waals surface area contributed by atoms with Crippen LogP contribution in [0, 0.1) is 0 Å². The quantitative estimate of drug-likeness (QED) is 0.574. The van der Waals surface area contributed by atoms with Crippen molar-refractivity contribution in [1.82, 2.24) is 15.6 Å². The lowest BCUT2D eigenvalue weighted by atomic mass is 10.1. The predicted octanol–water partition coefficient (Wildman–Crippen LogP) is 3.25. The van der Waals surface area contributed by atoms with Gasteiger partial charge in [-0.15, -0.1) is 11.3 Å². The number of esters is 2. The summed E-state index contributed by atoms with van der Waals surface area (Å²) in [7, 11) is 0. The molecule has 1 aromatic carbocycles. The average molecular weight is 437 g/mol. The van der Waals surface area contributed by atoms with Gasteiger partial charge in [0.05, 0.1) is 46.1 Å². The highest BCUT2D eigenvalue weighted by Crippen LogP contribution is 2.28. The first kappa shape index (κ1) is 20.5. The fourth-order valence-corrected chi connectivity index (χ4v) is 3.87. The lowest BCUT2D eigenvalue weighted by Crippen LogP contribution is -2.45. The molecular weight excluding hydrogens is 418 g/mol. The van der Waals surface area contributed by atoms with E-state index in [0.29, 0.717) is 22.2 Å². The third-order valence-electron chi connectivity index (χ3n) is 4.63. The summed E-state index contributed by atoms with van der Waals surface area (Å²) in [6.07, 6.45) is 0. The Morgan fingerprint density at radius 3 is 2.74 bits per heavy atom. The molecule has 0 atom stereocenters. The van der Waals surface area contributed by atoms with Crippen molar-refractivity contribution in [2.45, 2.75) is 6.92 Å². The van der Waals surface area contributed by atoms with E-state index in [0.717, 1.165) is 4.88 Å². The van der Waals surface area contributed by atoms with Gasteiger partial charge in [-0.1, -0.05) is 24.3 Å². The van der Waals surface area contributed by atoms with Crippen LogP contribution in [-0.2, 0) is 14.3 Å². The molecule has 0 radical (unpaired) electrons. The van der Waals surface area contributed by atoms with Gasteiger partial charge in [-0.3, -0.25) is 0 Å². The van der Waals surface area contributed by atoms with Crippen LogP contribution in [-0.4, -0.2) is 42.7 Å². The lowest BCUT2D eigenvalue weighted by molar-refractivity contribution is -0.138. The van der Waals surface area contributed by atoms with Gasteiger partial charge in [0, 0.05) is 5.39 Å². The Balaban J connectivity index is 1.64. The molecule has 3 heterocycles. The van der Waals surface area contributed by atoms with Gasteiger partial charge >= 0.3 is 18.0 Å². The van der Waals surface area contributed by atoms with Crippen molar-refractivity contribution in [2.24, 2.45) is 0 Å². The molecule has 0 fully saturated rings. The molecule has 1 aliphatic heterocycles. The number of nitrogens with zero attached hydrogens (tertiary/aromatic N) is 1. The van der Waals surface area contributed by atoms with Crippen molar-refractivity contribution in [3.8, 4) is 10.6 Å². The number of carbonyl (C=O) groups is 3. The average Bonchev–Trinajstić information content (AvgIpc) is 3.32. The Bertz CT molecular complexity index is 1190. The predicted molar refractivity (Wildman–Crippen MR) is 116 cm³/mol. The first-order valence-electron chi connectivity index (χ1n) is 9.61. The number of fused-ring (bicyclic) bond motifs is 1. The number of nitrogens with one attached hydrogen (secondary N) is 2. The van der Waals surface area contributed by atoms with E-state index in [1.54, 1.807) is 19.1 Å². The molecular formula is C22H19N3O5S. The van der Waals surface area contributed by atoms with E-state index < -0.39 is 18.0 Å². The van der Waals surface area contributed by atoms with Crippen LogP contribution in [0.2, 0.25) is 0 Å². The zero-order valence-electron chi connectivity index (χ0n) is 16.6. The number of thiophene rings is 1. The van der Waals surface area contributed by atoms with Crippen LogP contribution in [0.15, 0.2) is 59.1 Å². The highest BCUT2D eigenvalue weighted by atomic mass is 32.1. The van der Waals surface area contributed by atoms with Gasteiger partial charge in [0.15, 0.2) is 0 Å². The van der Waals surface area contributed by atoms with Crippen LogP contribution in [0.3, 0.4) is 0 Å². The van der Waals surface area contributed by atoms with E-state index in [9.17, 15) is 14.4 Å². The summed E-state index contributed by atoms with van der Waals surface area (Å²) in [6, 6.07) is 12.4. The van der Waals surface area contributed by atoms with Crippen LogP contribution < -0.4 is 10.6 Å². The molecule has 0 saturated carbocycles. The van der Waals surface area contributed by atoms with E-state index in [1.165, 1.54) is 11.3 Å². The zero-order valence-corrected chi connectivity index (χ0v) is 17.5. The van der Waals surface area contributed by atoms with Crippen LogP contribution in [0.25, 0.3) is 21.5 Å². The summed E-state index contributed by atoms with van der Waals surface area (Å²) < 4.78 is 10.5. The maximum Gasteiger partial charge on any atom is 0.339 e. The molecule has 0 bridgehead atoms. The number of pyridine rings is 1. The van der Waals surface area contributed by atoms with E-state index in [2.05, 4.69) is 15.6 Å². The monoisotopic (exact) mass is 437 g/mol. The number of urea groups is 1. The van der Waals surface area contributed by atoms with Crippen molar-refractivity contribution in [3.63, 3.8) is 0 Å². The van der Waals surface area contributed by atoms with Gasteiger partial charge in [0.1, 0.15) is 6.61 Å². The molecule has 4 rings (SSSR count). The van der Waals surface area contributed by atoms with Gasteiger partial charge in [0.2, 0.25) is 0 Å². The van der Waals surface area contributed by atoms with Gasteiger partial charge in [0.25, 0.3) is 0 Å². The third-order valence-corrected chi connectivity index (χ3v) is 5.53. The minimum atomic E-state index is -0.583. The summed E-state index contributed by atoms with van der Waals surface area (Å²) in [5.74, 6) is -1.16. The first-order chi connectivity index (χ1) is 15.1. The fourth-order valence-electron chi connectivity index (χ4n) is 3.18.